The molecule has 2 rings (SSSR count). The van der Waals surface area contributed by atoms with Gasteiger partial charge in [-0.3, -0.25) is 15.0 Å². The van der Waals surface area contributed by atoms with Crippen LogP contribution in [0.15, 0.2) is 18.2 Å². The van der Waals surface area contributed by atoms with Gasteiger partial charge in [0.1, 0.15) is 11.4 Å². The lowest BCUT2D eigenvalue weighted by molar-refractivity contribution is -0.384. The Balaban J connectivity index is 2.21. The van der Waals surface area contributed by atoms with Crippen LogP contribution in [0.4, 0.5) is 11.4 Å². The van der Waals surface area contributed by atoms with Gasteiger partial charge in [-0.1, -0.05) is 0 Å². The standard InChI is InChI=1S/C14H21N3O3/c1-11(2)15-6-8-16(9-7-15)14-10-12(20-3)4-5-13(14)17(18)19/h4-5,10-11H,6-9H2,1-3H3. The fourth-order valence-electron chi connectivity index (χ4n) is 2.52. The van der Waals surface area contributed by atoms with E-state index in [0.29, 0.717) is 17.5 Å². The Morgan fingerprint density at radius 2 is 1.90 bits per heavy atom. The zero-order valence-electron chi connectivity index (χ0n) is 12.2. The molecule has 6 heteroatoms. The number of piperazine rings is 1. The topological polar surface area (TPSA) is 58.9 Å². The molecule has 1 aliphatic heterocycles. The maximum absolute atomic E-state index is 11.2. The summed E-state index contributed by atoms with van der Waals surface area (Å²) in [5.41, 5.74) is 0.793. The number of methoxy groups -OCH3 is 1. The van der Waals surface area contributed by atoms with Crippen LogP contribution in [0.2, 0.25) is 0 Å². The first kappa shape index (κ1) is 14.6. The number of anilines is 1. The van der Waals surface area contributed by atoms with E-state index in [0.717, 1.165) is 26.2 Å². The summed E-state index contributed by atoms with van der Waals surface area (Å²) in [5, 5.41) is 11.2. The maximum atomic E-state index is 11.2. The van der Waals surface area contributed by atoms with Crippen molar-refractivity contribution >= 4 is 11.4 Å². The van der Waals surface area contributed by atoms with E-state index in [1.54, 1.807) is 19.2 Å². The highest BCUT2D eigenvalue weighted by molar-refractivity contribution is 5.66. The second kappa shape index (κ2) is 6.09. The van der Waals surface area contributed by atoms with E-state index in [4.69, 9.17) is 4.74 Å². The fraction of sp³-hybridized carbons (Fsp3) is 0.571. The van der Waals surface area contributed by atoms with Gasteiger partial charge in [-0.15, -0.1) is 0 Å². The molecule has 1 aromatic carbocycles. The Kier molecular flexibility index (Phi) is 4.44. The summed E-state index contributed by atoms with van der Waals surface area (Å²) in [6.07, 6.45) is 0. The average Bonchev–Trinajstić information content (AvgIpc) is 2.46. The van der Waals surface area contributed by atoms with E-state index in [-0.39, 0.29) is 10.6 Å². The van der Waals surface area contributed by atoms with Crippen molar-refractivity contribution in [2.24, 2.45) is 0 Å². The van der Waals surface area contributed by atoms with E-state index in [2.05, 4.69) is 23.6 Å². The van der Waals surface area contributed by atoms with Gasteiger partial charge in [0.05, 0.1) is 12.0 Å². The second-order valence-corrected chi connectivity index (χ2v) is 5.23. The summed E-state index contributed by atoms with van der Waals surface area (Å²) in [6.45, 7) is 7.78. The molecule has 0 N–H and O–H groups in total. The number of hydrogen-bond donors (Lipinski definition) is 0. The fourth-order valence-corrected chi connectivity index (χ4v) is 2.52. The summed E-state index contributed by atoms with van der Waals surface area (Å²) >= 11 is 0. The Hall–Kier alpha value is -1.82. The van der Waals surface area contributed by atoms with Crippen molar-refractivity contribution in [1.82, 2.24) is 4.90 Å². The molecule has 0 atom stereocenters. The molecule has 0 bridgehead atoms. The Morgan fingerprint density at radius 3 is 2.40 bits per heavy atom. The smallest absolute Gasteiger partial charge is 0.292 e. The lowest BCUT2D eigenvalue weighted by Crippen LogP contribution is -2.49. The lowest BCUT2D eigenvalue weighted by Gasteiger charge is -2.37. The van der Waals surface area contributed by atoms with Crippen molar-refractivity contribution in [2.45, 2.75) is 19.9 Å². The van der Waals surface area contributed by atoms with Crippen LogP contribution in [0.5, 0.6) is 5.75 Å². The Morgan fingerprint density at radius 1 is 1.25 bits per heavy atom. The van der Waals surface area contributed by atoms with Crippen molar-refractivity contribution in [3.05, 3.63) is 28.3 Å². The van der Waals surface area contributed by atoms with Gasteiger partial charge in [0.2, 0.25) is 0 Å². The van der Waals surface area contributed by atoms with Gasteiger partial charge in [0, 0.05) is 44.4 Å². The van der Waals surface area contributed by atoms with E-state index >= 15 is 0 Å². The first-order chi connectivity index (χ1) is 9.52. The van der Waals surface area contributed by atoms with Crippen LogP contribution in [0.25, 0.3) is 0 Å². The molecule has 0 amide bonds. The van der Waals surface area contributed by atoms with Crippen LogP contribution >= 0.6 is 0 Å². The van der Waals surface area contributed by atoms with Gasteiger partial charge in [-0.2, -0.15) is 0 Å². The third kappa shape index (κ3) is 3.01. The number of nitrogens with zero attached hydrogens (tertiary/aromatic N) is 3. The summed E-state index contributed by atoms with van der Waals surface area (Å²) in [4.78, 5) is 15.3. The van der Waals surface area contributed by atoms with Gasteiger partial charge in [0.25, 0.3) is 5.69 Å². The summed E-state index contributed by atoms with van der Waals surface area (Å²) < 4.78 is 5.18. The van der Waals surface area contributed by atoms with Crippen LogP contribution in [-0.4, -0.2) is 49.2 Å². The Bertz CT molecular complexity index is 483. The summed E-state index contributed by atoms with van der Waals surface area (Å²) in [7, 11) is 1.57. The minimum absolute atomic E-state index is 0.142. The average molecular weight is 279 g/mol. The van der Waals surface area contributed by atoms with E-state index in [1.165, 1.54) is 6.07 Å². The molecule has 6 nitrogen and oxygen atoms in total. The number of benzene rings is 1. The van der Waals surface area contributed by atoms with Crippen molar-refractivity contribution in [2.75, 3.05) is 38.2 Å². The minimum Gasteiger partial charge on any atom is -0.497 e. The SMILES string of the molecule is COc1ccc([N+](=O)[O-])c(N2CCN(C(C)C)CC2)c1. The minimum atomic E-state index is -0.330. The monoisotopic (exact) mass is 279 g/mol. The van der Waals surface area contributed by atoms with Crippen LogP contribution in [0.1, 0.15) is 13.8 Å². The lowest BCUT2D eigenvalue weighted by atomic mass is 10.2. The molecule has 0 aromatic heterocycles. The second-order valence-electron chi connectivity index (χ2n) is 5.23. The van der Waals surface area contributed by atoms with Crippen molar-refractivity contribution in [1.29, 1.82) is 0 Å². The summed E-state index contributed by atoms with van der Waals surface area (Å²) in [6, 6.07) is 5.41. The molecule has 0 saturated carbocycles. The normalized spacial score (nSPS) is 16.5. The molecule has 1 aliphatic rings. The molecule has 0 aliphatic carbocycles. The molecule has 1 aromatic rings. The first-order valence-corrected chi connectivity index (χ1v) is 6.84. The number of nitro benzene ring substituents is 1. The first-order valence-electron chi connectivity index (χ1n) is 6.84. The molecule has 20 heavy (non-hydrogen) atoms. The highest BCUT2D eigenvalue weighted by Crippen LogP contribution is 2.32. The van der Waals surface area contributed by atoms with Crippen molar-refractivity contribution < 1.29 is 9.66 Å². The molecule has 0 unspecified atom stereocenters. The van der Waals surface area contributed by atoms with Crippen LogP contribution in [0, 0.1) is 10.1 Å². The number of hydrogen-bond acceptors (Lipinski definition) is 5. The largest absolute Gasteiger partial charge is 0.497 e. The van der Waals surface area contributed by atoms with E-state index in [9.17, 15) is 10.1 Å². The zero-order chi connectivity index (χ0) is 14.7. The van der Waals surface area contributed by atoms with Crippen molar-refractivity contribution in [3.63, 3.8) is 0 Å². The van der Waals surface area contributed by atoms with Gasteiger partial charge in [-0.05, 0) is 19.9 Å². The summed E-state index contributed by atoms with van der Waals surface area (Å²) in [5.74, 6) is 0.650. The number of ether oxygens (including phenoxy) is 1. The molecule has 110 valence electrons. The van der Waals surface area contributed by atoms with Crippen LogP contribution in [-0.2, 0) is 0 Å². The molecule has 1 saturated heterocycles. The highest BCUT2D eigenvalue weighted by atomic mass is 16.6. The third-order valence-corrected chi connectivity index (χ3v) is 3.76. The third-order valence-electron chi connectivity index (χ3n) is 3.76. The van der Waals surface area contributed by atoms with Crippen LogP contribution < -0.4 is 9.64 Å². The van der Waals surface area contributed by atoms with Gasteiger partial charge in [-0.25, -0.2) is 0 Å². The van der Waals surface area contributed by atoms with Gasteiger partial charge < -0.3 is 9.64 Å². The van der Waals surface area contributed by atoms with Gasteiger partial charge in [0.15, 0.2) is 0 Å². The van der Waals surface area contributed by atoms with E-state index in [1.807, 2.05) is 0 Å². The Labute approximate surface area is 119 Å². The van der Waals surface area contributed by atoms with Gasteiger partial charge >= 0.3 is 0 Å². The van der Waals surface area contributed by atoms with E-state index < -0.39 is 0 Å². The highest BCUT2D eigenvalue weighted by Gasteiger charge is 2.25. The quantitative estimate of drug-likeness (QED) is 0.624. The molecule has 1 heterocycles. The molecule has 0 spiro atoms. The molecular weight excluding hydrogens is 258 g/mol. The maximum Gasteiger partial charge on any atom is 0.292 e. The zero-order valence-corrected chi connectivity index (χ0v) is 12.2. The van der Waals surface area contributed by atoms with Crippen LogP contribution in [0.3, 0.4) is 0 Å². The molecule has 1 fully saturated rings. The number of rotatable bonds is 4. The number of nitro groups is 1. The molecule has 0 radical (unpaired) electrons. The predicted molar refractivity (Wildman–Crippen MR) is 78.6 cm³/mol. The van der Waals surface area contributed by atoms with Crippen molar-refractivity contribution in [3.8, 4) is 5.75 Å². The molecular formula is C14H21N3O3. The predicted octanol–water partition coefficient (Wildman–Crippen LogP) is 2.13.